The molecular formula is C15H16BrNO. The third-order valence-electron chi connectivity index (χ3n) is 2.87. The topological polar surface area (TPSA) is 33.1 Å². The number of hydrogen-bond donors (Lipinski definition) is 1. The summed E-state index contributed by atoms with van der Waals surface area (Å²) in [6.45, 7) is 0. The first kappa shape index (κ1) is 13.2. The molecule has 94 valence electrons. The Morgan fingerprint density at radius 1 is 1.11 bits per heavy atom. The van der Waals surface area contributed by atoms with E-state index < -0.39 is 0 Å². The molecular weight excluding hydrogens is 290 g/mol. The minimum Gasteiger partial charge on any atom is -0.393 e. The summed E-state index contributed by atoms with van der Waals surface area (Å²) in [5.41, 5.74) is 2.18. The lowest BCUT2D eigenvalue weighted by atomic mass is 10.0. The van der Waals surface area contributed by atoms with Crippen molar-refractivity contribution in [3.05, 3.63) is 64.4 Å². The van der Waals surface area contributed by atoms with Crippen molar-refractivity contribution in [2.24, 2.45) is 0 Å². The van der Waals surface area contributed by atoms with Gasteiger partial charge in [0.15, 0.2) is 0 Å². The molecule has 0 aliphatic heterocycles. The third kappa shape index (κ3) is 3.93. The van der Waals surface area contributed by atoms with Crippen molar-refractivity contribution in [3.63, 3.8) is 0 Å². The molecule has 0 radical (unpaired) electrons. The molecule has 0 aliphatic carbocycles. The number of aromatic nitrogens is 1. The fourth-order valence-electron chi connectivity index (χ4n) is 1.88. The van der Waals surface area contributed by atoms with Crippen LogP contribution in [0.2, 0.25) is 0 Å². The molecule has 1 aromatic carbocycles. The molecule has 1 N–H and O–H groups in total. The predicted octanol–water partition coefficient (Wildman–Crippen LogP) is 3.38. The first-order chi connectivity index (χ1) is 8.75. The zero-order valence-electron chi connectivity index (χ0n) is 10.1. The van der Waals surface area contributed by atoms with Crippen molar-refractivity contribution >= 4 is 15.9 Å². The highest BCUT2D eigenvalue weighted by molar-refractivity contribution is 9.10. The fourth-order valence-corrected chi connectivity index (χ4v) is 2.33. The van der Waals surface area contributed by atoms with Crippen LogP contribution in [-0.4, -0.2) is 16.2 Å². The molecule has 0 saturated heterocycles. The molecule has 0 saturated carbocycles. The second-order valence-corrected chi connectivity index (χ2v) is 5.16. The molecule has 18 heavy (non-hydrogen) atoms. The van der Waals surface area contributed by atoms with E-state index in [2.05, 4.69) is 20.9 Å². The van der Waals surface area contributed by atoms with Gasteiger partial charge in [-0.25, -0.2) is 0 Å². The second kappa shape index (κ2) is 6.66. The highest BCUT2D eigenvalue weighted by atomic mass is 79.9. The number of benzene rings is 1. The molecule has 3 heteroatoms. The highest BCUT2D eigenvalue weighted by Crippen LogP contribution is 2.18. The minimum atomic E-state index is -0.328. The Balaban J connectivity index is 1.86. The number of aryl methyl sites for hydroxylation is 1. The van der Waals surface area contributed by atoms with Gasteiger partial charge >= 0.3 is 0 Å². The molecule has 1 unspecified atom stereocenters. The zero-order valence-corrected chi connectivity index (χ0v) is 11.7. The molecule has 2 nitrogen and oxygen atoms in total. The first-order valence-corrected chi connectivity index (χ1v) is 6.86. The van der Waals surface area contributed by atoms with Crippen LogP contribution in [0.5, 0.6) is 0 Å². The van der Waals surface area contributed by atoms with Gasteiger partial charge in [0.05, 0.1) is 6.10 Å². The zero-order chi connectivity index (χ0) is 12.8. The van der Waals surface area contributed by atoms with Crippen LogP contribution >= 0.6 is 15.9 Å². The number of pyridine rings is 1. The Labute approximate surface area is 116 Å². The molecule has 1 atom stereocenters. The van der Waals surface area contributed by atoms with Crippen molar-refractivity contribution in [1.29, 1.82) is 0 Å². The lowest BCUT2D eigenvalue weighted by Crippen LogP contribution is -2.12. The normalized spacial score (nSPS) is 12.3. The van der Waals surface area contributed by atoms with E-state index in [0.717, 1.165) is 28.6 Å². The Morgan fingerprint density at radius 3 is 2.61 bits per heavy atom. The van der Waals surface area contributed by atoms with Gasteiger partial charge < -0.3 is 5.11 Å². The predicted molar refractivity (Wildman–Crippen MR) is 76.4 cm³/mol. The number of halogens is 1. The van der Waals surface area contributed by atoms with Crippen LogP contribution in [0.1, 0.15) is 17.7 Å². The molecule has 2 aromatic rings. The van der Waals surface area contributed by atoms with Crippen LogP contribution in [0.3, 0.4) is 0 Å². The van der Waals surface area contributed by atoms with Crippen molar-refractivity contribution in [2.45, 2.75) is 25.4 Å². The van der Waals surface area contributed by atoms with Crippen molar-refractivity contribution in [3.8, 4) is 0 Å². The van der Waals surface area contributed by atoms with Crippen molar-refractivity contribution in [1.82, 2.24) is 4.98 Å². The maximum absolute atomic E-state index is 10.0. The summed E-state index contributed by atoms with van der Waals surface area (Å²) >= 11 is 3.50. The van der Waals surface area contributed by atoms with Gasteiger partial charge in [0.1, 0.15) is 0 Å². The number of hydrogen-bond acceptors (Lipinski definition) is 2. The van der Waals surface area contributed by atoms with Gasteiger partial charge in [0, 0.05) is 16.4 Å². The van der Waals surface area contributed by atoms with E-state index in [4.69, 9.17) is 0 Å². The van der Waals surface area contributed by atoms with Crippen LogP contribution in [0.25, 0.3) is 0 Å². The smallest absolute Gasteiger partial charge is 0.0584 e. The number of aliphatic hydroxyl groups excluding tert-OH is 1. The molecule has 0 spiro atoms. The highest BCUT2D eigenvalue weighted by Gasteiger charge is 2.08. The average molecular weight is 306 g/mol. The molecule has 0 aliphatic rings. The van der Waals surface area contributed by atoms with Gasteiger partial charge in [-0.05, 0) is 43.0 Å². The van der Waals surface area contributed by atoms with E-state index in [1.807, 2.05) is 42.5 Å². The SMILES string of the molecule is OC(CCc1ccccn1)Cc1ccccc1Br. The summed E-state index contributed by atoms with van der Waals surface area (Å²) < 4.78 is 1.06. The molecule has 0 fully saturated rings. The largest absolute Gasteiger partial charge is 0.393 e. The number of nitrogens with zero attached hydrogens (tertiary/aromatic N) is 1. The first-order valence-electron chi connectivity index (χ1n) is 6.07. The van der Waals surface area contributed by atoms with Gasteiger partial charge in [0.2, 0.25) is 0 Å². The van der Waals surface area contributed by atoms with Crippen molar-refractivity contribution < 1.29 is 5.11 Å². The Morgan fingerprint density at radius 2 is 1.89 bits per heavy atom. The number of rotatable bonds is 5. The van der Waals surface area contributed by atoms with Crippen LogP contribution in [0.15, 0.2) is 53.1 Å². The maximum Gasteiger partial charge on any atom is 0.0584 e. The molecule has 2 rings (SSSR count). The molecule has 1 aromatic heterocycles. The fraction of sp³-hybridized carbons (Fsp3) is 0.267. The van der Waals surface area contributed by atoms with Gasteiger partial charge in [0.25, 0.3) is 0 Å². The van der Waals surface area contributed by atoms with E-state index in [9.17, 15) is 5.11 Å². The summed E-state index contributed by atoms with van der Waals surface area (Å²) in [6, 6.07) is 13.9. The quantitative estimate of drug-likeness (QED) is 0.918. The molecule has 1 heterocycles. The molecule has 0 amide bonds. The van der Waals surface area contributed by atoms with Crippen LogP contribution < -0.4 is 0 Å². The number of aliphatic hydroxyl groups is 1. The second-order valence-electron chi connectivity index (χ2n) is 4.31. The monoisotopic (exact) mass is 305 g/mol. The Kier molecular flexibility index (Phi) is 4.90. The summed E-state index contributed by atoms with van der Waals surface area (Å²) in [5.74, 6) is 0. The van der Waals surface area contributed by atoms with Gasteiger partial charge in [-0.2, -0.15) is 0 Å². The summed E-state index contributed by atoms with van der Waals surface area (Å²) in [5, 5.41) is 10.0. The van der Waals surface area contributed by atoms with E-state index >= 15 is 0 Å². The van der Waals surface area contributed by atoms with Crippen molar-refractivity contribution in [2.75, 3.05) is 0 Å². The van der Waals surface area contributed by atoms with Gasteiger partial charge in [-0.1, -0.05) is 40.2 Å². The Bertz CT molecular complexity index is 487. The van der Waals surface area contributed by atoms with Gasteiger partial charge in [-0.3, -0.25) is 4.98 Å². The molecule has 0 bridgehead atoms. The Hall–Kier alpha value is -1.19. The lowest BCUT2D eigenvalue weighted by molar-refractivity contribution is 0.164. The van der Waals surface area contributed by atoms with Crippen LogP contribution in [-0.2, 0) is 12.8 Å². The summed E-state index contributed by atoms with van der Waals surface area (Å²) in [7, 11) is 0. The van der Waals surface area contributed by atoms with Crippen LogP contribution in [0, 0.1) is 0 Å². The average Bonchev–Trinajstić information content (AvgIpc) is 2.40. The van der Waals surface area contributed by atoms with E-state index in [-0.39, 0.29) is 6.10 Å². The summed E-state index contributed by atoms with van der Waals surface area (Å²) in [4.78, 5) is 4.25. The van der Waals surface area contributed by atoms with E-state index in [1.165, 1.54) is 0 Å². The summed E-state index contributed by atoms with van der Waals surface area (Å²) in [6.07, 6.45) is 3.68. The maximum atomic E-state index is 10.0. The van der Waals surface area contributed by atoms with E-state index in [0.29, 0.717) is 6.42 Å². The van der Waals surface area contributed by atoms with E-state index in [1.54, 1.807) is 6.20 Å². The van der Waals surface area contributed by atoms with Crippen LogP contribution in [0.4, 0.5) is 0 Å². The minimum absolute atomic E-state index is 0.328. The van der Waals surface area contributed by atoms with Gasteiger partial charge in [-0.15, -0.1) is 0 Å². The lowest BCUT2D eigenvalue weighted by Gasteiger charge is -2.11. The third-order valence-corrected chi connectivity index (χ3v) is 3.65. The standard InChI is InChI=1S/C15H16BrNO/c16-15-7-2-1-5-12(15)11-14(18)9-8-13-6-3-4-10-17-13/h1-7,10,14,18H,8-9,11H2.